The van der Waals surface area contributed by atoms with E-state index in [0.717, 1.165) is 11.1 Å². The molecule has 0 unspecified atom stereocenters. The molecule has 0 saturated heterocycles. The number of para-hydroxylation sites is 2. The van der Waals surface area contributed by atoms with Crippen molar-refractivity contribution in [1.29, 1.82) is 0 Å². The number of H-pyrrole nitrogens is 1. The van der Waals surface area contributed by atoms with E-state index in [-0.39, 0.29) is 5.91 Å². The van der Waals surface area contributed by atoms with Crippen LogP contribution in [0.3, 0.4) is 0 Å². The minimum absolute atomic E-state index is 0.0974. The third kappa shape index (κ3) is 3.67. The van der Waals surface area contributed by atoms with Gasteiger partial charge in [-0.2, -0.15) is 0 Å². The van der Waals surface area contributed by atoms with Crippen molar-refractivity contribution in [3.8, 4) is 11.5 Å². The number of nitrogens with zero attached hydrogens (tertiary/aromatic N) is 1. The monoisotopic (exact) mass is 352 g/mol. The highest BCUT2D eigenvalue weighted by atomic mass is 16.5. The lowest BCUT2D eigenvalue weighted by molar-refractivity contribution is -0.130. The van der Waals surface area contributed by atoms with Gasteiger partial charge < -0.3 is 19.4 Å². The summed E-state index contributed by atoms with van der Waals surface area (Å²) in [5.74, 6) is 1.44. The zero-order valence-corrected chi connectivity index (χ0v) is 15.4. The van der Waals surface area contributed by atoms with Crippen molar-refractivity contribution in [2.45, 2.75) is 19.4 Å². The van der Waals surface area contributed by atoms with Gasteiger partial charge >= 0.3 is 0 Å². The van der Waals surface area contributed by atoms with E-state index in [9.17, 15) is 4.79 Å². The van der Waals surface area contributed by atoms with E-state index in [1.54, 1.807) is 19.1 Å². The van der Waals surface area contributed by atoms with E-state index >= 15 is 0 Å². The molecule has 0 aliphatic carbocycles. The Morgan fingerprint density at radius 1 is 1.04 bits per heavy atom. The molecule has 0 aliphatic rings. The minimum Gasteiger partial charge on any atom is -0.493 e. The molecular formula is C21H24N2O3. The molecule has 0 atom stereocenters. The van der Waals surface area contributed by atoms with Crippen LogP contribution in [0, 0.1) is 0 Å². The van der Waals surface area contributed by atoms with Gasteiger partial charge in [-0.3, -0.25) is 4.79 Å². The van der Waals surface area contributed by atoms with Gasteiger partial charge in [0.05, 0.1) is 14.2 Å². The quantitative estimate of drug-likeness (QED) is 0.704. The van der Waals surface area contributed by atoms with Crippen molar-refractivity contribution >= 4 is 16.8 Å². The number of aromatic nitrogens is 1. The number of ether oxygens (including phenoxy) is 2. The highest BCUT2D eigenvalue weighted by molar-refractivity contribution is 5.84. The molecule has 5 nitrogen and oxygen atoms in total. The SMILES string of the molecule is COc1cccc(CN(C)C(=O)CCc2c[nH]c3ccccc23)c1OC. The van der Waals surface area contributed by atoms with Crippen LogP contribution in [0.4, 0.5) is 0 Å². The number of benzene rings is 2. The molecule has 136 valence electrons. The predicted octanol–water partition coefficient (Wildman–Crippen LogP) is 3.78. The lowest BCUT2D eigenvalue weighted by Gasteiger charge is -2.20. The third-order valence-corrected chi connectivity index (χ3v) is 4.60. The van der Waals surface area contributed by atoms with E-state index < -0.39 is 0 Å². The van der Waals surface area contributed by atoms with Gasteiger partial charge in [0.15, 0.2) is 11.5 Å². The molecule has 0 fully saturated rings. The maximum atomic E-state index is 12.6. The summed E-state index contributed by atoms with van der Waals surface area (Å²) in [6.07, 6.45) is 3.16. The molecule has 26 heavy (non-hydrogen) atoms. The number of methoxy groups -OCH3 is 2. The van der Waals surface area contributed by atoms with E-state index in [2.05, 4.69) is 11.1 Å². The minimum atomic E-state index is 0.0974. The van der Waals surface area contributed by atoms with Crippen LogP contribution in [0.2, 0.25) is 0 Å². The molecule has 0 radical (unpaired) electrons. The molecule has 1 N–H and O–H groups in total. The van der Waals surface area contributed by atoms with Gasteiger partial charge in [-0.1, -0.05) is 30.3 Å². The Morgan fingerprint density at radius 3 is 2.62 bits per heavy atom. The number of fused-ring (bicyclic) bond motifs is 1. The summed E-state index contributed by atoms with van der Waals surface area (Å²) in [5.41, 5.74) is 3.19. The second-order valence-electron chi connectivity index (χ2n) is 6.26. The molecule has 0 bridgehead atoms. The van der Waals surface area contributed by atoms with Gasteiger partial charge in [0.25, 0.3) is 0 Å². The summed E-state index contributed by atoms with van der Waals surface area (Å²) < 4.78 is 10.8. The van der Waals surface area contributed by atoms with Gasteiger partial charge in [0.1, 0.15) is 0 Å². The largest absolute Gasteiger partial charge is 0.493 e. The molecule has 0 spiro atoms. The van der Waals surface area contributed by atoms with Crippen molar-refractivity contribution in [2.24, 2.45) is 0 Å². The van der Waals surface area contributed by atoms with Crippen molar-refractivity contribution in [3.05, 3.63) is 59.8 Å². The topological polar surface area (TPSA) is 54.6 Å². The highest BCUT2D eigenvalue weighted by Crippen LogP contribution is 2.31. The number of aryl methyl sites for hydroxylation is 1. The van der Waals surface area contributed by atoms with Crippen LogP contribution in [0.1, 0.15) is 17.5 Å². The standard InChI is InChI=1S/C21H24N2O3/c1-23(14-16-7-6-10-19(25-2)21(16)26-3)20(24)12-11-15-13-22-18-9-5-4-8-17(15)18/h4-10,13,22H,11-12,14H2,1-3H3. The van der Waals surface area contributed by atoms with Crippen molar-refractivity contribution in [1.82, 2.24) is 9.88 Å². The molecular weight excluding hydrogens is 328 g/mol. The average molecular weight is 352 g/mol. The smallest absolute Gasteiger partial charge is 0.222 e. The molecule has 5 heteroatoms. The zero-order chi connectivity index (χ0) is 18.5. The molecule has 1 heterocycles. The Kier molecular flexibility index (Phi) is 5.46. The number of carbonyl (C=O) groups is 1. The lowest BCUT2D eigenvalue weighted by Crippen LogP contribution is -2.26. The number of hydrogen-bond acceptors (Lipinski definition) is 3. The second-order valence-corrected chi connectivity index (χ2v) is 6.26. The summed E-state index contributed by atoms with van der Waals surface area (Å²) >= 11 is 0. The summed E-state index contributed by atoms with van der Waals surface area (Å²) in [5, 5.41) is 1.18. The van der Waals surface area contributed by atoms with Gasteiger partial charge in [-0.05, 0) is 24.1 Å². The van der Waals surface area contributed by atoms with E-state index in [1.807, 2.05) is 49.6 Å². The van der Waals surface area contributed by atoms with Crippen LogP contribution in [-0.4, -0.2) is 37.1 Å². The summed E-state index contributed by atoms with van der Waals surface area (Å²) in [7, 11) is 5.04. The third-order valence-electron chi connectivity index (χ3n) is 4.60. The first-order valence-electron chi connectivity index (χ1n) is 8.63. The maximum absolute atomic E-state index is 12.6. The Hall–Kier alpha value is -2.95. The fourth-order valence-corrected chi connectivity index (χ4v) is 3.19. The molecule has 3 rings (SSSR count). The predicted molar refractivity (Wildman–Crippen MR) is 103 cm³/mol. The first-order valence-corrected chi connectivity index (χ1v) is 8.63. The van der Waals surface area contributed by atoms with Crippen LogP contribution in [-0.2, 0) is 17.8 Å². The Balaban J connectivity index is 1.65. The van der Waals surface area contributed by atoms with Crippen molar-refractivity contribution < 1.29 is 14.3 Å². The number of aromatic amines is 1. The molecule has 2 aromatic carbocycles. The Labute approximate surface area is 153 Å². The molecule has 1 aromatic heterocycles. The van der Waals surface area contributed by atoms with E-state index in [0.29, 0.717) is 30.9 Å². The van der Waals surface area contributed by atoms with Crippen LogP contribution < -0.4 is 9.47 Å². The van der Waals surface area contributed by atoms with E-state index in [4.69, 9.17) is 9.47 Å². The van der Waals surface area contributed by atoms with Gasteiger partial charge in [0.2, 0.25) is 5.91 Å². The van der Waals surface area contributed by atoms with Crippen LogP contribution in [0.5, 0.6) is 11.5 Å². The summed E-state index contributed by atoms with van der Waals surface area (Å²) in [4.78, 5) is 17.6. The highest BCUT2D eigenvalue weighted by Gasteiger charge is 2.15. The average Bonchev–Trinajstić information content (AvgIpc) is 3.08. The lowest BCUT2D eigenvalue weighted by atomic mass is 10.1. The number of nitrogens with one attached hydrogen (secondary N) is 1. The molecule has 0 saturated carbocycles. The van der Waals surface area contributed by atoms with Gasteiger partial charge in [0, 0.05) is 42.7 Å². The maximum Gasteiger partial charge on any atom is 0.222 e. The number of amides is 1. The molecule has 3 aromatic rings. The van der Waals surface area contributed by atoms with Crippen molar-refractivity contribution in [3.63, 3.8) is 0 Å². The normalized spacial score (nSPS) is 10.7. The summed E-state index contributed by atoms with van der Waals surface area (Å²) in [6.45, 7) is 0.479. The Morgan fingerprint density at radius 2 is 1.85 bits per heavy atom. The van der Waals surface area contributed by atoms with Crippen LogP contribution in [0.25, 0.3) is 10.9 Å². The first kappa shape index (κ1) is 17.9. The second kappa shape index (κ2) is 7.95. The molecule has 1 amide bonds. The Bertz CT molecular complexity index is 901. The molecule has 0 aliphatic heterocycles. The van der Waals surface area contributed by atoms with Crippen LogP contribution >= 0.6 is 0 Å². The van der Waals surface area contributed by atoms with E-state index in [1.165, 1.54) is 10.9 Å². The first-order chi connectivity index (χ1) is 12.6. The van der Waals surface area contributed by atoms with Crippen molar-refractivity contribution in [2.75, 3.05) is 21.3 Å². The number of carbonyl (C=O) groups excluding carboxylic acids is 1. The number of hydrogen-bond donors (Lipinski definition) is 1. The van der Waals surface area contributed by atoms with Gasteiger partial charge in [-0.25, -0.2) is 0 Å². The fourth-order valence-electron chi connectivity index (χ4n) is 3.19. The fraction of sp³-hybridized carbons (Fsp3) is 0.286. The zero-order valence-electron chi connectivity index (χ0n) is 15.4. The number of rotatable bonds is 7. The van der Waals surface area contributed by atoms with Crippen LogP contribution in [0.15, 0.2) is 48.7 Å². The van der Waals surface area contributed by atoms with Gasteiger partial charge in [-0.15, -0.1) is 0 Å². The summed E-state index contributed by atoms with van der Waals surface area (Å²) in [6, 6.07) is 13.8.